The van der Waals surface area contributed by atoms with E-state index in [9.17, 15) is 0 Å². The topological polar surface area (TPSA) is 54.9 Å². The third-order valence-corrected chi connectivity index (χ3v) is 3.60. The quantitative estimate of drug-likeness (QED) is 0.377. The minimum Gasteiger partial charge on any atom is -0.493 e. The third-order valence-electron chi connectivity index (χ3n) is 3.40. The van der Waals surface area contributed by atoms with Crippen LogP contribution in [0.25, 0.3) is 0 Å². The van der Waals surface area contributed by atoms with E-state index in [2.05, 4.69) is 28.0 Å². The Hall–Kier alpha value is -2.08. The van der Waals surface area contributed by atoms with Crippen LogP contribution in [0.3, 0.4) is 0 Å². The number of benzene rings is 1. The minimum absolute atomic E-state index is 0.440. The number of allylic oxidation sites excluding steroid dienone is 2. The number of ether oxygens (including phenoxy) is 2. The summed E-state index contributed by atoms with van der Waals surface area (Å²) in [6.07, 6.45) is 9.62. The normalized spacial score (nSPS) is 17.3. The zero-order valence-electron chi connectivity index (χ0n) is 12.8. The van der Waals surface area contributed by atoms with E-state index in [0.717, 1.165) is 24.9 Å². The lowest BCUT2D eigenvalue weighted by Crippen LogP contribution is -2.24. The summed E-state index contributed by atoms with van der Waals surface area (Å²) in [7, 11) is 3.20. The van der Waals surface area contributed by atoms with Crippen LogP contribution in [0.1, 0.15) is 19.3 Å². The van der Waals surface area contributed by atoms with Gasteiger partial charge >= 0.3 is 0 Å². The number of hydrogen-bond acceptors (Lipinski definition) is 4. The van der Waals surface area contributed by atoms with Gasteiger partial charge in [0, 0.05) is 18.0 Å². The van der Waals surface area contributed by atoms with Crippen LogP contribution in [0, 0.1) is 5.92 Å². The molecule has 0 radical (unpaired) electrons. The number of anilines is 1. The van der Waals surface area contributed by atoms with Crippen LogP contribution in [0.15, 0.2) is 35.5 Å². The fourth-order valence-electron chi connectivity index (χ4n) is 2.23. The molecule has 1 aliphatic carbocycles. The molecule has 0 saturated heterocycles. The van der Waals surface area contributed by atoms with Crippen LogP contribution in [-0.2, 0) is 0 Å². The molecule has 0 spiro atoms. The maximum absolute atomic E-state index is 5.25. The molecule has 2 rings (SSSR count). The van der Waals surface area contributed by atoms with Crippen molar-refractivity contribution in [2.45, 2.75) is 19.3 Å². The molecule has 0 amide bonds. The lowest BCUT2D eigenvalue weighted by molar-refractivity contribution is 0.355. The van der Waals surface area contributed by atoms with Crippen molar-refractivity contribution in [2.24, 2.45) is 11.0 Å². The zero-order chi connectivity index (χ0) is 15.8. The molecule has 6 heteroatoms. The van der Waals surface area contributed by atoms with Gasteiger partial charge in [-0.05, 0) is 49.5 Å². The van der Waals surface area contributed by atoms with Crippen molar-refractivity contribution >= 4 is 29.2 Å². The van der Waals surface area contributed by atoms with Gasteiger partial charge in [-0.25, -0.2) is 0 Å². The van der Waals surface area contributed by atoms with Crippen molar-refractivity contribution in [1.29, 1.82) is 0 Å². The summed E-state index contributed by atoms with van der Waals surface area (Å²) in [5.74, 6) is 1.81. The standard InChI is InChI=1S/C16H21N3O2S/c1-20-14-9-8-13(10-15(14)21-2)18-16(22)19-17-11-12-6-4-3-5-7-12/h3-4,8-12H,5-7H2,1-2H3,(H2,18,19,22)/b17-11-/t12-/m0/s1. The summed E-state index contributed by atoms with van der Waals surface area (Å²) in [5.41, 5.74) is 3.65. The monoisotopic (exact) mass is 319 g/mol. The molecule has 1 aliphatic rings. The summed E-state index contributed by atoms with van der Waals surface area (Å²) in [6, 6.07) is 5.51. The summed E-state index contributed by atoms with van der Waals surface area (Å²) < 4.78 is 10.5. The Labute approximate surface area is 136 Å². The summed E-state index contributed by atoms with van der Waals surface area (Å²) >= 11 is 5.22. The maximum Gasteiger partial charge on any atom is 0.191 e. The highest BCUT2D eigenvalue weighted by Crippen LogP contribution is 2.29. The molecular formula is C16H21N3O2S. The van der Waals surface area contributed by atoms with Crippen LogP contribution < -0.4 is 20.2 Å². The van der Waals surface area contributed by atoms with Crippen LogP contribution in [-0.4, -0.2) is 25.5 Å². The second-order valence-corrected chi connectivity index (χ2v) is 5.37. The number of thiocarbonyl (C=S) groups is 1. The molecule has 0 bridgehead atoms. The van der Waals surface area contributed by atoms with Crippen LogP contribution in [0.2, 0.25) is 0 Å². The van der Waals surface area contributed by atoms with E-state index in [0.29, 0.717) is 22.5 Å². The fourth-order valence-corrected chi connectivity index (χ4v) is 2.40. The van der Waals surface area contributed by atoms with Crippen LogP contribution in [0.5, 0.6) is 11.5 Å². The largest absolute Gasteiger partial charge is 0.493 e. The van der Waals surface area contributed by atoms with E-state index in [-0.39, 0.29) is 0 Å². The average molecular weight is 319 g/mol. The molecule has 0 aromatic heterocycles. The predicted octanol–water partition coefficient (Wildman–Crippen LogP) is 3.33. The Kier molecular flexibility index (Phi) is 6.21. The highest BCUT2D eigenvalue weighted by Gasteiger charge is 2.07. The minimum atomic E-state index is 0.440. The number of nitrogens with one attached hydrogen (secondary N) is 2. The van der Waals surface area contributed by atoms with Crippen molar-refractivity contribution in [3.63, 3.8) is 0 Å². The Morgan fingerprint density at radius 3 is 2.77 bits per heavy atom. The summed E-state index contributed by atoms with van der Waals surface area (Å²) in [4.78, 5) is 0. The Morgan fingerprint density at radius 2 is 2.09 bits per heavy atom. The summed E-state index contributed by atoms with van der Waals surface area (Å²) in [6.45, 7) is 0. The molecule has 0 saturated carbocycles. The van der Waals surface area contributed by atoms with E-state index in [1.165, 1.54) is 0 Å². The number of hydrogen-bond donors (Lipinski definition) is 2. The second-order valence-electron chi connectivity index (χ2n) is 4.96. The van der Waals surface area contributed by atoms with E-state index < -0.39 is 0 Å². The first-order valence-corrected chi connectivity index (χ1v) is 7.61. The van der Waals surface area contributed by atoms with Crippen LogP contribution in [0.4, 0.5) is 5.69 Å². The second kappa shape index (κ2) is 8.38. The van der Waals surface area contributed by atoms with Gasteiger partial charge in [0.1, 0.15) is 0 Å². The molecule has 0 heterocycles. The molecule has 0 fully saturated rings. The van der Waals surface area contributed by atoms with E-state index in [1.807, 2.05) is 24.4 Å². The lowest BCUT2D eigenvalue weighted by Gasteiger charge is -2.13. The van der Waals surface area contributed by atoms with Crippen molar-refractivity contribution in [3.8, 4) is 11.5 Å². The molecule has 1 atom stereocenters. The molecule has 0 unspecified atom stereocenters. The maximum atomic E-state index is 5.25. The van der Waals surface area contributed by atoms with Crippen LogP contribution >= 0.6 is 12.2 Å². The first-order valence-electron chi connectivity index (χ1n) is 7.20. The van der Waals surface area contributed by atoms with Gasteiger partial charge in [0.15, 0.2) is 16.6 Å². The smallest absolute Gasteiger partial charge is 0.191 e. The highest BCUT2D eigenvalue weighted by molar-refractivity contribution is 7.80. The molecule has 1 aromatic rings. The van der Waals surface area contributed by atoms with Gasteiger partial charge in [0.25, 0.3) is 0 Å². The van der Waals surface area contributed by atoms with Crippen molar-refractivity contribution in [2.75, 3.05) is 19.5 Å². The van der Waals surface area contributed by atoms with Gasteiger partial charge < -0.3 is 14.8 Å². The fraction of sp³-hybridized carbons (Fsp3) is 0.375. The average Bonchev–Trinajstić information content (AvgIpc) is 2.55. The lowest BCUT2D eigenvalue weighted by atomic mass is 9.96. The van der Waals surface area contributed by atoms with E-state index in [4.69, 9.17) is 21.7 Å². The van der Waals surface area contributed by atoms with Gasteiger partial charge in [0.05, 0.1) is 14.2 Å². The van der Waals surface area contributed by atoms with Crippen molar-refractivity contribution in [1.82, 2.24) is 5.43 Å². The molecule has 1 aromatic carbocycles. The Morgan fingerprint density at radius 1 is 1.27 bits per heavy atom. The number of nitrogens with zero attached hydrogens (tertiary/aromatic N) is 1. The highest BCUT2D eigenvalue weighted by atomic mass is 32.1. The van der Waals surface area contributed by atoms with Gasteiger partial charge in [-0.1, -0.05) is 12.2 Å². The first-order chi connectivity index (χ1) is 10.7. The SMILES string of the molecule is COc1ccc(NC(=S)N/N=C\[C@H]2CC=CCC2)cc1OC. The third kappa shape index (κ3) is 4.73. The summed E-state index contributed by atoms with van der Waals surface area (Å²) in [5, 5.41) is 7.70. The van der Waals surface area contributed by atoms with Gasteiger partial charge in [-0.15, -0.1) is 0 Å². The van der Waals surface area contributed by atoms with Gasteiger partial charge in [-0.2, -0.15) is 5.10 Å². The van der Waals surface area contributed by atoms with Gasteiger partial charge in [-0.3, -0.25) is 5.43 Å². The molecule has 118 valence electrons. The number of methoxy groups -OCH3 is 2. The molecule has 2 N–H and O–H groups in total. The number of hydrazone groups is 1. The predicted molar refractivity (Wildman–Crippen MR) is 93.9 cm³/mol. The Bertz CT molecular complexity index is 573. The zero-order valence-corrected chi connectivity index (χ0v) is 13.7. The van der Waals surface area contributed by atoms with Gasteiger partial charge in [0.2, 0.25) is 0 Å². The first kappa shape index (κ1) is 16.3. The van der Waals surface area contributed by atoms with Crippen molar-refractivity contribution in [3.05, 3.63) is 30.4 Å². The van der Waals surface area contributed by atoms with E-state index in [1.54, 1.807) is 14.2 Å². The van der Waals surface area contributed by atoms with Crippen molar-refractivity contribution < 1.29 is 9.47 Å². The molecule has 0 aliphatic heterocycles. The number of rotatable bonds is 5. The molecular weight excluding hydrogens is 298 g/mol. The molecule has 22 heavy (non-hydrogen) atoms. The molecule has 5 nitrogen and oxygen atoms in total. The van der Waals surface area contributed by atoms with E-state index >= 15 is 0 Å². The Balaban J connectivity index is 1.86.